The molecule has 158 valence electrons. The molecule has 4 aromatic carbocycles. The van der Waals surface area contributed by atoms with E-state index in [9.17, 15) is 5.11 Å². The van der Waals surface area contributed by atoms with Crippen molar-refractivity contribution in [2.45, 2.75) is 12.0 Å². The molecule has 32 heavy (non-hydrogen) atoms. The number of nitrogens with two attached hydrogens (primary N) is 1. The second kappa shape index (κ2) is 8.74. The Labute approximate surface area is 188 Å². The van der Waals surface area contributed by atoms with Gasteiger partial charge in [0.15, 0.2) is 5.54 Å². The summed E-state index contributed by atoms with van der Waals surface area (Å²) in [5, 5.41) is 13.5. The van der Waals surface area contributed by atoms with Crippen molar-refractivity contribution in [3.05, 3.63) is 138 Å². The molecule has 0 amide bonds. The van der Waals surface area contributed by atoms with Gasteiger partial charge < -0.3 is 15.4 Å². The molecular formula is C29H27N2O+. The molecule has 0 aliphatic heterocycles. The van der Waals surface area contributed by atoms with Gasteiger partial charge >= 0.3 is 0 Å². The topological polar surface area (TPSA) is 52.6 Å². The molecule has 0 aliphatic rings. The van der Waals surface area contributed by atoms with Crippen LogP contribution in [0.3, 0.4) is 0 Å². The first-order chi connectivity index (χ1) is 15.8. The monoisotopic (exact) mass is 419 g/mol. The van der Waals surface area contributed by atoms with Gasteiger partial charge in [0, 0.05) is 40.2 Å². The summed E-state index contributed by atoms with van der Waals surface area (Å²) >= 11 is 0. The van der Waals surface area contributed by atoms with Crippen molar-refractivity contribution >= 4 is 10.9 Å². The Morgan fingerprint density at radius 2 is 1.22 bits per heavy atom. The lowest BCUT2D eigenvalue weighted by molar-refractivity contribution is -0.716. The number of benzene rings is 4. The molecule has 3 heteroatoms. The average molecular weight is 420 g/mol. The number of phenolic OH excluding ortho intramolecular Hbond substituents is 1. The number of fused-ring (bicyclic) bond motifs is 1. The third-order valence-corrected chi connectivity index (χ3v) is 6.30. The van der Waals surface area contributed by atoms with E-state index in [1.165, 1.54) is 22.3 Å². The Hall–Kier alpha value is -3.82. The molecule has 0 spiro atoms. The van der Waals surface area contributed by atoms with Crippen LogP contribution >= 0.6 is 0 Å². The fraction of sp³-hybridized carbons (Fsp3) is 0.103. The summed E-state index contributed by atoms with van der Waals surface area (Å²) in [5.74, 6) is 0.300. The van der Waals surface area contributed by atoms with Crippen molar-refractivity contribution in [3.63, 3.8) is 0 Å². The van der Waals surface area contributed by atoms with E-state index >= 15 is 0 Å². The number of hydrogen-bond donors (Lipinski definition) is 3. The predicted octanol–water partition coefficient (Wildman–Crippen LogP) is 4.97. The van der Waals surface area contributed by atoms with Gasteiger partial charge in [-0.15, -0.1) is 0 Å². The van der Waals surface area contributed by atoms with Crippen LogP contribution in [0.4, 0.5) is 0 Å². The maximum atomic E-state index is 9.95. The minimum atomic E-state index is -0.349. The summed E-state index contributed by atoms with van der Waals surface area (Å²) < 4.78 is 0. The second-order valence-corrected chi connectivity index (χ2v) is 8.19. The van der Waals surface area contributed by atoms with Gasteiger partial charge in [-0.05, 0) is 23.8 Å². The summed E-state index contributed by atoms with van der Waals surface area (Å²) in [5.41, 5.74) is 5.70. The summed E-state index contributed by atoms with van der Waals surface area (Å²) in [6.07, 6.45) is 2.95. The van der Waals surface area contributed by atoms with E-state index < -0.39 is 0 Å². The Bertz CT molecular complexity index is 1200. The highest BCUT2D eigenvalue weighted by Crippen LogP contribution is 2.33. The van der Waals surface area contributed by atoms with Gasteiger partial charge in [0.2, 0.25) is 0 Å². The molecule has 5 aromatic rings. The molecule has 0 radical (unpaired) electrons. The number of H-pyrrole nitrogens is 1. The zero-order chi connectivity index (χ0) is 21.8. The lowest BCUT2D eigenvalue weighted by Crippen LogP contribution is -2.96. The largest absolute Gasteiger partial charge is 0.508 e. The minimum absolute atomic E-state index is 0.300. The summed E-state index contributed by atoms with van der Waals surface area (Å²) in [6, 6.07) is 37.8. The molecule has 0 bridgehead atoms. The number of aromatic amines is 1. The first-order valence-electron chi connectivity index (χ1n) is 11.1. The zero-order valence-corrected chi connectivity index (χ0v) is 17.9. The first kappa shape index (κ1) is 20.1. The van der Waals surface area contributed by atoms with Gasteiger partial charge in [0.1, 0.15) is 5.75 Å². The predicted molar refractivity (Wildman–Crippen MR) is 130 cm³/mol. The quantitative estimate of drug-likeness (QED) is 0.321. The van der Waals surface area contributed by atoms with E-state index in [2.05, 4.69) is 107 Å². The maximum absolute atomic E-state index is 9.95. The normalized spacial score (nSPS) is 11.6. The Kier molecular flexibility index (Phi) is 5.49. The van der Waals surface area contributed by atoms with Crippen LogP contribution in [0.5, 0.6) is 5.75 Å². The van der Waals surface area contributed by atoms with E-state index in [0.29, 0.717) is 5.75 Å². The average Bonchev–Trinajstić information content (AvgIpc) is 3.25. The molecule has 5 rings (SSSR count). The van der Waals surface area contributed by atoms with Crippen LogP contribution in [0.25, 0.3) is 10.9 Å². The van der Waals surface area contributed by atoms with Crippen LogP contribution in [0, 0.1) is 0 Å². The third-order valence-electron chi connectivity index (χ3n) is 6.30. The lowest BCUT2D eigenvalue weighted by Gasteiger charge is -2.33. The first-order valence-corrected chi connectivity index (χ1v) is 11.1. The van der Waals surface area contributed by atoms with Crippen molar-refractivity contribution in [2.75, 3.05) is 6.54 Å². The third kappa shape index (κ3) is 3.68. The number of rotatable bonds is 7. The van der Waals surface area contributed by atoms with E-state index in [-0.39, 0.29) is 5.54 Å². The lowest BCUT2D eigenvalue weighted by atomic mass is 9.77. The van der Waals surface area contributed by atoms with Crippen molar-refractivity contribution in [1.82, 2.24) is 4.98 Å². The number of aromatic nitrogens is 1. The highest BCUT2D eigenvalue weighted by Gasteiger charge is 2.39. The SMILES string of the molecule is Oc1ccc2[nH]cc(CC[NH2+]C(c3ccccc3)(c3ccccc3)c3ccccc3)c2c1. The number of nitrogens with one attached hydrogen (secondary N) is 1. The Balaban J connectivity index is 1.56. The molecule has 3 nitrogen and oxygen atoms in total. The highest BCUT2D eigenvalue weighted by molar-refractivity contribution is 5.84. The van der Waals surface area contributed by atoms with Gasteiger partial charge in [-0.3, -0.25) is 0 Å². The summed E-state index contributed by atoms with van der Waals surface area (Å²) in [6.45, 7) is 0.890. The standard InChI is InChI=1S/C29H26N2O/c32-26-16-17-28-27(20-26)22(21-30-28)18-19-31-29(23-10-4-1-5-11-23,24-12-6-2-7-13-24)25-14-8-3-9-15-25/h1-17,20-21,30-32H,18-19H2/p+1. The molecule has 4 N–H and O–H groups in total. The second-order valence-electron chi connectivity index (χ2n) is 8.19. The van der Waals surface area contributed by atoms with Crippen molar-refractivity contribution in [2.24, 2.45) is 0 Å². The van der Waals surface area contributed by atoms with E-state index in [0.717, 1.165) is 23.9 Å². The van der Waals surface area contributed by atoms with E-state index in [4.69, 9.17) is 0 Å². The van der Waals surface area contributed by atoms with Crippen LogP contribution in [0.2, 0.25) is 0 Å². The molecule has 0 saturated carbocycles. The van der Waals surface area contributed by atoms with Crippen LogP contribution in [-0.4, -0.2) is 16.6 Å². The fourth-order valence-electron chi connectivity index (χ4n) is 4.77. The van der Waals surface area contributed by atoms with E-state index in [1.807, 2.05) is 12.1 Å². The Morgan fingerprint density at radius 1 is 0.688 bits per heavy atom. The molecular weight excluding hydrogens is 392 g/mol. The fourth-order valence-corrected chi connectivity index (χ4v) is 4.77. The maximum Gasteiger partial charge on any atom is 0.173 e. The van der Waals surface area contributed by atoms with Gasteiger partial charge in [-0.1, -0.05) is 91.0 Å². The molecule has 0 aliphatic carbocycles. The van der Waals surface area contributed by atoms with Gasteiger partial charge in [0.05, 0.1) is 6.54 Å². The number of phenols is 1. The summed E-state index contributed by atoms with van der Waals surface area (Å²) in [7, 11) is 0. The molecule has 0 atom stereocenters. The Morgan fingerprint density at radius 3 is 1.75 bits per heavy atom. The highest BCUT2D eigenvalue weighted by atomic mass is 16.3. The van der Waals surface area contributed by atoms with Crippen LogP contribution in [-0.2, 0) is 12.0 Å². The molecule has 1 aromatic heterocycles. The summed E-state index contributed by atoms with van der Waals surface area (Å²) in [4.78, 5) is 3.33. The van der Waals surface area contributed by atoms with Crippen LogP contribution < -0.4 is 5.32 Å². The smallest absolute Gasteiger partial charge is 0.173 e. The van der Waals surface area contributed by atoms with Crippen molar-refractivity contribution in [3.8, 4) is 5.75 Å². The zero-order valence-electron chi connectivity index (χ0n) is 17.9. The van der Waals surface area contributed by atoms with Crippen LogP contribution in [0.1, 0.15) is 22.3 Å². The molecule has 0 unspecified atom stereocenters. The van der Waals surface area contributed by atoms with Gasteiger partial charge in [-0.2, -0.15) is 0 Å². The van der Waals surface area contributed by atoms with Crippen molar-refractivity contribution < 1.29 is 10.4 Å². The van der Waals surface area contributed by atoms with Gasteiger partial charge in [0.25, 0.3) is 0 Å². The van der Waals surface area contributed by atoms with Crippen molar-refractivity contribution in [1.29, 1.82) is 0 Å². The number of aromatic hydroxyl groups is 1. The molecule has 0 saturated heterocycles. The van der Waals surface area contributed by atoms with Crippen LogP contribution in [0.15, 0.2) is 115 Å². The minimum Gasteiger partial charge on any atom is -0.508 e. The number of hydrogen-bond acceptors (Lipinski definition) is 1. The van der Waals surface area contributed by atoms with Gasteiger partial charge in [-0.25, -0.2) is 0 Å². The molecule has 0 fully saturated rings. The van der Waals surface area contributed by atoms with E-state index in [1.54, 1.807) is 6.07 Å². The number of quaternary nitrogens is 1. The molecule has 1 heterocycles.